The molecule has 1 aromatic heterocycles. The van der Waals surface area contributed by atoms with Gasteiger partial charge in [-0.05, 0) is 6.92 Å². The standard InChI is InChI=1S/C13H14N2O3/c1-9-11(13(16)15(2)17-3)12(14-18-9)10-7-5-4-6-8-10/h4-8H,1-3H3. The fraction of sp³-hybridized carbons (Fsp3) is 0.231. The van der Waals surface area contributed by atoms with Crippen LogP contribution in [0, 0.1) is 6.92 Å². The number of carbonyl (C=O) groups excluding carboxylic acids is 1. The summed E-state index contributed by atoms with van der Waals surface area (Å²) in [5.74, 6) is 0.192. The van der Waals surface area contributed by atoms with Crippen LogP contribution < -0.4 is 0 Å². The highest BCUT2D eigenvalue weighted by molar-refractivity contribution is 6.00. The van der Waals surface area contributed by atoms with E-state index < -0.39 is 0 Å². The molecule has 0 aliphatic rings. The van der Waals surface area contributed by atoms with E-state index in [2.05, 4.69) is 5.16 Å². The van der Waals surface area contributed by atoms with Crippen molar-refractivity contribution < 1.29 is 14.2 Å². The van der Waals surface area contributed by atoms with Crippen molar-refractivity contribution in [3.05, 3.63) is 41.7 Å². The SMILES string of the molecule is CON(C)C(=O)c1c(-c2ccccc2)noc1C. The molecule has 18 heavy (non-hydrogen) atoms. The summed E-state index contributed by atoms with van der Waals surface area (Å²) in [5.41, 5.74) is 1.79. The van der Waals surface area contributed by atoms with E-state index in [9.17, 15) is 4.79 Å². The molecule has 2 rings (SSSR count). The number of benzene rings is 1. The van der Waals surface area contributed by atoms with Gasteiger partial charge >= 0.3 is 0 Å². The predicted octanol–water partition coefficient (Wildman–Crippen LogP) is 2.28. The van der Waals surface area contributed by atoms with Gasteiger partial charge in [-0.3, -0.25) is 9.63 Å². The summed E-state index contributed by atoms with van der Waals surface area (Å²) in [4.78, 5) is 17.0. The number of aryl methyl sites for hydroxylation is 1. The maximum Gasteiger partial charge on any atom is 0.283 e. The Morgan fingerprint density at radius 1 is 1.33 bits per heavy atom. The smallest absolute Gasteiger partial charge is 0.283 e. The van der Waals surface area contributed by atoms with E-state index in [0.717, 1.165) is 10.6 Å². The number of rotatable bonds is 3. The number of nitrogens with zero attached hydrogens (tertiary/aromatic N) is 2. The molecule has 5 nitrogen and oxygen atoms in total. The van der Waals surface area contributed by atoms with E-state index in [1.807, 2.05) is 30.3 Å². The lowest BCUT2D eigenvalue weighted by Crippen LogP contribution is -2.26. The topological polar surface area (TPSA) is 55.6 Å². The number of aromatic nitrogens is 1. The fourth-order valence-corrected chi connectivity index (χ4v) is 1.66. The Morgan fingerprint density at radius 3 is 2.61 bits per heavy atom. The summed E-state index contributed by atoms with van der Waals surface area (Å²) in [7, 11) is 2.98. The largest absolute Gasteiger partial charge is 0.360 e. The molecule has 0 unspecified atom stereocenters. The van der Waals surface area contributed by atoms with Crippen LogP contribution >= 0.6 is 0 Å². The summed E-state index contributed by atoms with van der Waals surface area (Å²) in [5, 5.41) is 5.09. The first kappa shape index (κ1) is 12.3. The minimum absolute atomic E-state index is 0.282. The zero-order chi connectivity index (χ0) is 13.1. The normalized spacial score (nSPS) is 10.4. The Labute approximate surface area is 105 Å². The number of hydrogen-bond donors (Lipinski definition) is 0. The van der Waals surface area contributed by atoms with Crippen LogP contribution in [0.15, 0.2) is 34.9 Å². The van der Waals surface area contributed by atoms with Crippen LogP contribution in [-0.4, -0.2) is 30.3 Å². The molecule has 1 aromatic carbocycles. The van der Waals surface area contributed by atoms with E-state index in [0.29, 0.717) is 17.0 Å². The van der Waals surface area contributed by atoms with Crippen LogP contribution in [0.25, 0.3) is 11.3 Å². The van der Waals surface area contributed by atoms with Crippen LogP contribution in [0.5, 0.6) is 0 Å². The van der Waals surface area contributed by atoms with Crippen LogP contribution in [0.3, 0.4) is 0 Å². The molecule has 2 aromatic rings. The van der Waals surface area contributed by atoms with Crippen LogP contribution in [0.2, 0.25) is 0 Å². The van der Waals surface area contributed by atoms with Crippen LogP contribution in [0.1, 0.15) is 16.1 Å². The van der Waals surface area contributed by atoms with E-state index in [1.165, 1.54) is 7.11 Å². The minimum Gasteiger partial charge on any atom is -0.360 e. The van der Waals surface area contributed by atoms with Crippen LogP contribution in [0.4, 0.5) is 0 Å². The maximum absolute atomic E-state index is 12.2. The van der Waals surface area contributed by atoms with Gasteiger partial charge in [0.2, 0.25) is 0 Å². The second-order valence-electron chi connectivity index (χ2n) is 3.81. The third-order valence-corrected chi connectivity index (χ3v) is 2.68. The van der Waals surface area contributed by atoms with E-state index in [4.69, 9.17) is 9.36 Å². The van der Waals surface area contributed by atoms with Gasteiger partial charge in [0.1, 0.15) is 17.0 Å². The molecular weight excluding hydrogens is 232 g/mol. The Balaban J connectivity index is 2.49. The first-order valence-corrected chi connectivity index (χ1v) is 5.49. The Kier molecular flexibility index (Phi) is 3.43. The average molecular weight is 246 g/mol. The molecule has 0 fully saturated rings. The highest BCUT2D eigenvalue weighted by Gasteiger charge is 2.24. The second kappa shape index (κ2) is 5.01. The van der Waals surface area contributed by atoms with Gasteiger partial charge in [0.25, 0.3) is 5.91 Å². The average Bonchev–Trinajstić information content (AvgIpc) is 2.80. The molecule has 1 heterocycles. The molecule has 0 spiro atoms. The predicted molar refractivity (Wildman–Crippen MR) is 65.8 cm³/mol. The molecule has 0 radical (unpaired) electrons. The molecule has 94 valence electrons. The van der Waals surface area contributed by atoms with Crippen molar-refractivity contribution in [1.82, 2.24) is 10.2 Å². The van der Waals surface area contributed by atoms with Gasteiger partial charge in [0, 0.05) is 12.6 Å². The number of hydroxylamine groups is 2. The summed E-state index contributed by atoms with van der Waals surface area (Å²) in [6.45, 7) is 1.70. The van der Waals surface area contributed by atoms with Gasteiger partial charge in [-0.15, -0.1) is 0 Å². The monoisotopic (exact) mass is 246 g/mol. The Bertz CT molecular complexity index is 549. The van der Waals surface area contributed by atoms with Crippen molar-refractivity contribution in [3.63, 3.8) is 0 Å². The summed E-state index contributed by atoms with van der Waals surface area (Å²) < 4.78 is 5.11. The van der Waals surface area contributed by atoms with E-state index >= 15 is 0 Å². The summed E-state index contributed by atoms with van der Waals surface area (Å²) >= 11 is 0. The Morgan fingerprint density at radius 2 is 2.00 bits per heavy atom. The van der Waals surface area contributed by atoms with Gasteiger partial charge in [-0.25, -0.2) is 5.06 Å². The molecule has 1 amide bonds. The Hall–Kier alpha value is -2.14. The molecule has 0 aliphatic carbocycles. The van der Waals surface area contributed by atoms with Crippen molar-refractivity contribution in [2.75, 3.05) is 14.2 Å². The molecular formula is C13H14N2O3. The number of amides is 1. The fourth-order valence-electron chi connectivity index (χ4n) is 1.66. The molecule has 0 N–H and O–H groups in total. The first-order chi connectivity index (χ1) is 8.65. The van der Waals surface area contributed by atoms with Crippen molar-refractivity contribution in [2.45, 2.75) is 6.92 Å². The van der Waals surface area contributed by atoms with Gasteiger partial charge in [-0.2, -0.15) is 0 Å². The van der Waals surface area contributed by atoms with Crippen molar-refractivity contribution in [2.24, 2.45) is 0 Å². The maximum atomic E-state index is 12.2. The zero-order valence-electron chi connectivity index (χ0n) is 10.5. The lowest BCUT2D eigenvalue weighted by molar-refractivity contribution is -0.0757. The van der Waals surface area contributed by atoms with Gasteiger partial charge < -0.3 is 4.52 Å². The molecule has 0 saturated heterocycles. The van der Waals surface area contributed by atoms with E-state index in [1.54, 1.807) is 14.0 Å². The minimum atomic E-state index is -0.282. The van der Waals surface area contributed by atoms with E-state index in [-0.39, 0.29) is 5.91 Å². The number of carbonyl (C=O) groups is 1. The quantitative estimate of drug-likeness (QED) is 0.780. The molecule has 0 saturated carbocycles. The number of hydrogen-bond acceptors (Lipinski definition) is 4. The summed E-state index contributed by atoms with van der Waals surface area (Å²) in [6.07, 6.45) is 0. The lowest BCUT2D eigenvalue weighted by Gasteiger charge is -2.13. The van der Waals surface area contributed by atoms with Gasteiger partial charge in [-0.1, -0.05) is 35.5 Å². The third-order valence-electron chi connectivity index (χ3n) is 2.68. The molecule has 0 aliphatic heterocycles. The van der Waals surface area contributed by atoms with Crippen molar-refractivity contribution >= 4 is 5.91 Å². The lowest BCUT2D eigenvalue weighted by atomic mass is 10.1. The van der Waals surface area contributed by atoms with Crippen molar-refractivity contribution in [3.8, 4) is 11.3 Å². The zero-order valence-corrected chi connectivity index (χ0v) is 10.5. The second-order valence-corrected chi connectivity index (χ2v) is 3.81. The summed E-state index contributed by atoms with van der Waals surface area (Å²) in [6, 6.07) is 9.42. The van der Waals surface area contributed by atoms with Gasteiger partial charge in [0.15, 0.2) is 0 Å². The van der Waals surface area contributed by atoms with Crippen LogP contribution in [-0.2, 0) is 4.84 Å². The molecule has 0 bridgehead atoms. The highest BCUT2D eigenvalue weighted by Crippen LogP contribution is 2.25. The van der Waals surface area contributed by atoms with Crippen molar-refractivity contribution in [1.29, 1.82) is 0 Å². The molecule has 0 atom stereocenters. The van der Waals surface area contributed by atoms with Gasteiger partial charge in [0.05, 0.1) is 7.11 Å². The molecule has 5 heteroatoms. The first-order valence-electron chi connectivity index (χ1n) is 5.49. The third kappa shape index (κ3) is 2.12. The highest BCUT2D eigenvalue weighted by atomic mass is 16.7.